The predicted molar refractivity (Wildman–Crippen MR) is 114 cm³/mol. The van der Waals surface area contributed by atoms with Crippen LogP contribution in [0.5, 0.6) is 0 Å². The van der Waals surface area contributed by atoms with Gasteiger partial charge in [-0.05, 0) is 84.3 Å². The molecule has 0 amide bonds. The minimum absolute atomic E-state index is 0.0623. The molecule has 2 saturated carbocycles. The van der Waals surface area contributed by atoms with Crippen LogP contribution in [0.25, 0.3) is 5.57 Å². The van der Waals surface area contributed by atoms with Gasteiger partial charge in [0.1, 0.15) is 5.82 Å². The molecule has 1 aromatic carbocycles. The number of rotatable bonds is 1. The first-order valence-corrected chi connectivity index (χ1v) is 11.3. The third kappa shape index (κ3) is 2.69. The average molecular weight is 397 g/mol. The SMILES string of the molecule is C[C@H]1C=C2C[C@@H](O)CC[C@]2(C)[C@H]2CC[C@]3(C)C(c4ccc(F)cc4)=C(O)C[C@H]3[C@H]12. The lowest BCUT2D eigenvalue weighted by Crippen LogP contribution is -2.52. The van der Waals surface area contributed by atoms with Crippen LogP contribution in [-0.2, 0) is 0 Å². The van der Waals surface area contributed by atoms with Crippen molar-refractivity contribution in [1.29, 1.82) is 0 Å². The van der Waals surface area contributed by atoms with E-state index in [1.165, 1.54) is 17.7 Å². The van der Waals surface area contributed by atoms with E-state index in [1.807, 2.05) is 12.1 Å². The second kappa shape index (κ2) is 6.44. The van der Waals surface area contributed by atoms with Gasteiger partial charge in [-0.15, -0.1) is 0 Å². The second-order valence-corrected chi connectivity index (χ2v) is 10.6. The summed E-state index contributed by atoms with van der Waals surface area (Å²) in [5.74, 6) is 2.30. The summed E-state index contributed by atoms with van der Waals surface area (Å²) in [4.78, 5) is 0. The van der Waals surface area contributed by atoms with Crippen LogP contribution in [0.4, 0.5) is 4.39 Å². The Morgan fingerprint density at radius 1 is 0.966 bits per heavy atom. The molecule has 0 aromatic heterocycles. The van der Waals surface area contributed by atoms with Gasteiger partial charge in [-0.2, -0.15) is 0 Å². The fourth-order valence-electron chi connectivity index (χ4n) is 7.77. The minimum Gasteiger partial charge on any atom is -0.512 e. The summed E-state index contributed by atoms with van der Waals surface area (Å²) in [5.41, 5.74) is 3.62. The van der Waals surface area contributed by atoms with Crippen molar-refractivity contribution >= 4 is 5.57 Å². The maximum absolute atomic E-state index is 13.5. The number of hydrogen-bond acceptors (Lipinski definition) is 2. The van der Waals surface area contributed by atoms with E-state index in [0.29, 0.717) is 29.4 Å². The predicted octanol–water partition coefficient (Wildman–Crippen LogP) is 6.27. The van der Waals surface area contributed by atoms with Gasteiger partial charge in [-0.3, -0.25) is 0 Å². The van der Waals surface area contributed by atoms with Crippen LogP contribution >= 0.6 is 0 Å². The van der Waals surface area contributed by atoms with Gasteiger partial charge < -0.3 is 10.2 Å². The van der Waals surface area contributed by atoms with Crippen LogP contribution in [0.2, 0.25) is 0 Å². The van der Waals surface area contributed by atoms with Crippen molar-refractivity contribution in [1.82, 2.24) is 0 Å². The van der Waals surface area contributed by atoms with Gasteiger partial charge in [0.2, 0.25) is 0 Å². The molecular formula is C26H33FO2. The molecule has 0 radical (unpaired) electrons. The van der Waals surface area contributed by atoms with E-state index >= 15 is 0 Å². The molecule has 0 spiro atoms. The summed E-state index contributed by atoms with van der Waals surface area (Å²) in [6.45, 7) is 7.10. The Hall–Kier alpha value is -1.61. The zero-order chi connectivity index (χ0) is 20.6. The maximum atomic E-state index is 13.5. The molecule has 0 unspecified atom stereocenters. The summed E-state index contributed by atoms with van der Waals surface area (Å²) in [6, 6.07) is 6.66. The Kier molecular flexibility index (Phi) is 4.30. The summed E-state index contributed by atoms with van der Waals surface area (Å²) in [5, 5.41) is 21.3. The van der Waals surface area contributed by atoms with Gasteiger partial charge in [0.25, 0.3) is 0 Å². The Morgan fingerprint density at radius 2 is 1.66 bits per heavy atom. The highest BCUT2D eigenvalue weighted by Gasteiger charge is 2.59. The van der Waals surface area contributed by atoms with E-state index in [-0.39, 0.29) is 22.8 Å². The lowest BCUT2D eigenvalue weighted by molar-refractivity contribution is -0.0437. The van der Waals surface area contributed by atoms with Crippen LogP contribution in [0, 0.1) is 40.3 Å². The number of halogens is 1. The second-order valence-electron chi connectivity index (χ2n) is 10.6. The van der Waals surface area contributed by atoms with E-state index in [1.54, 1.807) is 0 Å². The summed E-state index contributed by atoms with van der Waals surface area (Å²) in [6.07, 6.45) is 8.03. The van der Waals surface area contributed by atoms with Crippen molar-refractivity contribution in [2.24, 2.45) is 34.5 Å². The van der Waals surface area contributed by atoms with Gasteiger partial charge in [-0.1, -0.05) is 44.6 Å². The first-order chi connectivity index (χ1) is 13.7. The summed E-state index contributed by atoms with van der Waals surface area (Å²) in [7, 11) is 0. The number of hydrogen-bond donors (Lipinski definition) is 2. The molecule has 0 saturated heterocycles. The molecule has 0 heterocycles. The van der Waals surface area contributed by atoms with Gasteiger partial charge in [0.05, 0.1) is 11.9 Å². The molecule has 2 nitrogen and oxygen atoms in total. The van der Waals surface area contributed by atoms with E-state index in [4.69, 9.17) is 0 Å². The zero-order valence-electron chi connectivity index (χ0n) is 17.8. The van der Waals surface area contributed by atoms with Gasteiger partial charge in [0, 0.05) is 12.0 Å². The molecular weight excluding hydrogens is 363 g/mol. The minimum atomic E-state index is -0.233. The number of benzene rings is 1. The third-order valence-electron chi connectivity index (χ3n) is 9.20. The molecule has 5 rings (SSSR count). The van der Waals surface area contributed by atoms with Gasteiger partial charge in [0.15, 0.2) is 0 Å². The highest BCUT2D eigenvalue weighted by molar-refractivity contribution is 5.74. The molecule has 3 heteroatoms. The summed E-state index contributed by atoms with van der Waals surface area (Å²) < 4.78 is 13.5. The van der Waals surface area contributed by atoms with Crippen molar-refractivity contribution < 1.29 is 14.6 Å². The Morgan fingerprint density at radius 3 is 2.38 bits per heavy atom. The topological polar surface area (TPSA) is 40.5 Å². The van der Waals surface area contributed by atoms with Crippen molar-refractivity contribution in [2.45, 2.75) is 65.4 Å². The molecule has 2 N–H and O–H groups in total. The van der Waals surface area contributed by atoms with Crippen molar-refractivity contribution in [3.05, 3.63) is 53.1 Å². The molecule has 29 heavy (non-hydrogen) atoms. The quantitative estimate of drug-likeness (QED) is 0.549. The Bertz CT molecular complexity index is 884. The fourth-order valence-corrected chi connectivity index (χ4v) is 7.77. The first kappa shape index (κ1) is 19.4. The van der Waals surface area contributed by atoms with Crippen LogP contribution in [0.15, 0.2) is 41.7 Å². The molecule has 0 aliphatic heterocycles. The van der Waals surface area contributed by atoms with E-state index in [9.17, 15) is 14.6 Å². The lowest BCUT2D eigenvalue weighted by atomic mass is 9.45. The zero-order valence-corrected chi connectivity index (χ0v) is 17.8. The highest BCUT2D eigenvalue weighted by atomic mass is 19.1. The highest BCUT2D eigenvalue weighted by Crippen LogP contribution is 2.68. The Labute approximate surface area is 173 Å². The van der Waals surface area contributed by atoms with Crippen molar-refractivity contribution in [3.63, 3.8) is 0 Å². The van der Waals surface area contributed by atoms with Crippen molar-refractivity contribution in [2.75, 3.05) is 0 Å². The molecule has 4 aliphatic rings. The van der Waals surface area contributed by atoms with Gasteiger partial charge in [-0.25, -0.2) is 4.39 Å². The Balaban J connectivity index is 1.54. The molecule has 0 bridgehead atoms. The number of aliphatic hydroxyl groups is 2. The number of aliphatic hydroxyl groups excluding tert-OH is 2. The molecule has 4 aliphatic carbocycles. The normalized spacial score (nSPS) is 44.0. The van der Waals surface area contributed by atoms with Crippen LogP contribution in [-0.4, -0.2) is 16.3 Å². The molecule has 156 valence electrons. The van der Waals surface area contributed by atoms with Gasteiger partial charge >= 0.3 is 0 Å². The fraction of sp³-hybridized carbons (Fsp3) is 0.615. The van der Waals surface area contributed by atoms with E-state index < -0.39 is 0 Å². The van der Waals surface area contributed by atoms with E-state index in [2.05, 4.69) is 26.8 Å². The smallest absolute Gasteiger partial charge is 0.123 e. The van der Waals surface area contributed by atoms with Crippen molar-refractivity contribution in [3.8, 4) is 0 Å². The van der Waals surface area contributed by atoms with Crippen LogP contribution in [0.1, 0.15) is 64.9 Å². The first-order valence-electron chi connectivity index (χ1n) is 11.3. The molecule has 7 atom stereocenters. The largest absolute Gasteiger partial charge is 0.512 e. The van der Waals surface area contributed by atoms with Crippen LogP contribution in [0.3, 0.4) is 0 Å². The van der Waals surface area contributed by atoms with E-state index in [0.717, 1.165) is 49.7 Å². The summed E-state index contributed by atoms with van der Waals surface area (Å²) >= 11 is 0. The monoisotopic (exact) mass is 396 g/mol. The average Bonchev–Trinajstić information content (AvgIpc) is 2.94. The number of allylic oxidation sites excluding steroid dienone is 3. The standard InChI is InChI=1S/C26H33FO2/c1-15-12-17-13-19(28)8-10-25(17,2)20-9-11-26(3)21(23(15)20)14-22(29)24(26)16-4-6-18(27)7-5-16/h4-7,12,15,19-21,23,28-29H,8-11,13-14H2,1-3H3/t15-,19-,20-,21-,23+,25-,26-/m0/s1. The maximum Gasteiger partial charge on any atom is 0.123 e. The number of fused-ring (bicyclic) bond motifs is 5. The van der Waals surface area contributed by atoms with Crippen LogP contribution < -0.4 is 0 Å². The lowest BCUT2D eigenvalue weighted by Gasteiger charge is -2.59. The molecule has 1 aromatic rings. The third-order valence-corrected chi connectivity index (χ3v) is 9.20. The molecule has 2 fully saturated rings.